The Hall–Kier alpha value is -0.530. The molecule has 0 aliphatic carbocycles. The van der Waals surface area contributed by atoms with Crippen LogP contribution in [-0.4, -0.2) is 37.2 Å². The Labute approximate surface area is 132 Å². The number of benzene rings is 1. The van der Waals surface area contributed by atoms with Crippen LogP contribution < -0.4 is 5.73 Å². The van der Waals surface area contributed by atoms with Crippen molar-refractivity contribution < 1.29 is 17.9 Å². The van der Waals surface area contributed by atoms with Crippen LogP contribution in [0.25, 0.3) is 0 Å². The van der Waals surface area contributed by atoms with Gasteiger partial charge in [-0.15, -0.1) is 12.4 Å². The average Bonchev–Trinajstić information content (AvgIpc) is 2.37. The zero-order valence-corrected chi connectivity index (χ0v) is 12.8. The van der Waals surface area contributed by atoms with E-state index in [1.54, 1.807) is 6.07 Å². The minimum Gasteiger partial charge on any atom is -0.374 e. The molecule has 1 heterocycles. The normalized spacial score (nSPS) is 20.1. The topological polar surface area (TPSA) is 38.5 Å². The highest BCUT2D eigenvalue weighted by atomic mass is 35.5. The maximum absolute atomic E-state index is 12.7. The zero-order valence-electron chi connectivity index (χ0n) is 11.2. The molecule has 1 aromatic rings. The predicted octanol–water partition coefficient (Wildman–Crippen LogP) is 2.94. The van der Waals surface area contributed by atoms with Gasteiger partial charge in [-0.3, -0.25) is 4.90 Å². The van der Waals surface area contributed by atoms with Crippen LogP contribution in [0.15, 0.2) is 18.2 Å². The molecule has 0 spiro atoms. The molecule has 120 valence electrons. The Bertz CT molecular complexity index is 471. The lowest BCUT2D eigenvalue weighted by molar-refractivity contribution is -0.137. The van der Waals surface area contributed by atoms with Crippen LogP contribution in [0.2, 0.25) is 5.02 Å². The van der Waals surface area contributed by atoms with E-state index >= 15 is 0 Å². The second-order valence-corrected chi connectivity index (χ2v) is 5.25. The summed E-state index contributed by atoms with van der Waals surface area (Å²) in [4.78, 5) is 2.02. The molecule has 1 aliphatic heterocycles. The van der Waals surface area contributed by atoms with Crippen molar-refractivity contribution in [3.8, 4) is 0 Å². The number of halogens is 5. The van der Waals surface area contributed by atoms with Crippen LogP contribution in [0.5, 0.6) is 0 Å². The Morgan fingerprint density at radius 2 is 2.05 bits per heavy atom. The molecular weight excluding hydrogens is 328 g/mol. The van der Waals surface area contributed by atoms with Gasteiger partial charge in [0, 0.05) is 31.2 Å². The molecule has 0 bridgehead atoms. The van der Waals surface area contributed by atoms with Crippen molar-refractivity contribution >= 4 is 24.0 Å². The maximum Gasteiger partial charge on any atom is 0.416 e. The molecule has 1 aliphatic rings. The van der Waals surface area contributed by atoms with Gasteiger partial charge < -0.3 is 10.5 Å². The van der Waals surface area contributed by atoms with Gasteiger partial charge >= 0.3 is 6.18 Å². The third-order valence-electron chi connectivity index (χ3n) is 3.18. The van der Waals surface area contributed by atoms with Gasteiger partial charge in [0.2, 0.25) is 0 Å². The summed E-state index contributed by atoms with van der Waals surface area (Å²) in [5, 5.41) is 0.0958. The molecule has 0 saturated carbocycles. The fraction of sp³-hybridized carbons (Fsp3) is 0.538. The highest BCUT2D eigenvalue weighted by molar-refractivity contribution is 6.30. The van der Waals surface area contributed by atoms with E-state index in [-0.39, 0.29) is 23.5 Å². The minimum atomic E-state index is -4.38. The van der Waals surface area contributed by atoms with Gasteiger partial charge in [-0.1, -0.05) is 11.6 Å². The first-order valence-corrected chi connectivity index (χ1v) is 6.67. The summed E-state index contributed by atoms with van der Waals surface area (Å²) >= 11 is 5.77. The van der Waals surface area contributed by atoms with Crippen LogP contribution in [0, 0.1) is 0 Å². The first-order chi connectivity index (χ1) is 9.38. The van der Waals surface area contributed by atoms with Crippen molar-refractivity contribution in [3.63, 3.8) is 0 Å². The molecule has 2 rings (SSSR count). The number of nitrogens with zero attached hydrogens (tertiary/aromatic N) is 1. The molecule has 1 aromatic carbocycles. The van der Waals surface area contributed by atoms with Gasteiger partial charge in [0.05, 0.1) is 18.3 Å². The molecule has 1 saturated heterocycles. The number of rotatable bonds is 3. The lowest BCUT2D eigenvalue weighted by Crippen LogP contribution is -2.45. The Balaban J connectivity index is 0.00000220. The van der Waals surface area contributed by atoms with Gasteiger partial charge in [-0.25, -0.2) is 0 Å². The number of hydrogen-bond acceptors (Lipinski definition) is 3. The number of morpholine rings is 1. The summed E-state index contributed by atoms with van der Waals surface area (Å²) in [7, 11) is 0. The number of alkyl halides is 3. The molecule has 1 fully saturated rings. The highest BCUT2D eigenvalue weighted by Crippen LogP contribution is 2.32. The maximum atomic E-state index is 12.7. The molecule has 1 unspecified atom stereocenters. The third kappa shape index (κ3) is 5.30. The smallest absolute Gasteiger partial charge is 0.374 e. The van der Waals surface area contributed by atoms with Gasteiger partial charge in [-0.2, -0.15) is 13.2 Å². The molecule has 21 heavy (non-hydrogen) atoms. The lowest BCUT2D eigenvalue weighted by Gasteiger charge is -2.32. The molecule has 0 amide bonds. The van der Waals surface area contributed by atoms with E-state index in [1.807, 2.05) is 4.90 Å². The van der Waals surface area contributed by atoms with Crippen LogP contribution in [0.4, 0.5) is 13.2 Å². The van der Waals surface area contributed by atoms with E-state index in [0.717, 1.165) is 12.1 Å². The van der Waals surface area contributed by atoms with Crippen molar-refractivity contribution in [2.75, 3.05) is 26.2 Å². The zero-order chi connectivity index (χ0) is 14.8. The summed E-state index contributed by atoms with van der Waals surface area (Å²) in [6, 6.07) is 3.63. The lowest BCUT2D eigenvalue weighted by atomic mass is 10.1. The summed E-state index contributed by atoms with van der Waals surface area (Å²) in [5.74, 6) is 0. The first kappa shape index (κ1) is 18.5. The van der Waals surface area contributed by atoms with Gasteiger partial charge in [-0.05, 0) is 23.8 Å². The minimum absolute atomic E-state index is 0. The largest absolute Gasteiger partial charge is 0.416 e. The van der Waals surface area contributed by atoms with E-state index in [4.69, 9.17) is 22.1 Å². The van der Waals surface area contributed by atoms with E-state index in [2.05, 4.69) is 0 Å². The highest BCUT2D eigenvalue weighted by Gasteiger charge is 2.31. The third-order valence-corrected chi connectivity index (χ3v) is 3.40. The second kappa shape index (κ2) is 7.65. The van der Waals surface area contributed by atoms with Crippen LogP contribution in [0.1, 0.15) is 11.1 Å². The molecule has 2 N–H and O–H groups in total. The van der Waals surface area contributed by atoms with Crippen LogP contribution >= 0.6 is 24.0 Å². The van der Waals surface area contributed by atoms with Crippen molar-refractivity contribution in [1.29, 1.82) is 0 Å². The van der Waals surface area contributed by atoms with E-state index < -0.39 is 11.7 Å². The molecule has 1 atom stereocenters. The van der Waals surface area contributed by atoms with Crippen molar-refractivity contribution in [2.24, 2.45) is 5.73 Å². The summed E-state index contributed by atoms with van der Waals surface area (Å²) in [6.45, 7) is 2.63. The molecular formula is C13H17Cl2F3N2O. The Morgan fingerprint density at radius 1 is 1.33 bits per heavy atom. The SMILES string of the molecule is Cl.NCC1CN(Cc2cc(Cl)cc(C(F)(F)F)c2)CCO1. The molecule has 0 radical (unpaired) electrons. The number of ether oxygens (including phenoxy) is 1. The van der Waals surface area contributed by atoms with Gasteiger partial charge in [0.25, 0.3) is 0 Å². The standard InChI is InChI=1S/C13H16ClF3N2O.ClH/c14-11-4-9(3-10(5-11)13(15,16)17)7-19-1-2-20-12(6-18)8-19;/h3-5,12H,1-2,6-8,18H2;1H. The van der Waals surface area contributed by atoms with Gasteiger partial charge in [0.15, 0.2) is 0 Å². The predicted molar refractivity (Wildman–Crippen MR) is 77.8 cm³/mol. The number of nitrogens with two attached hydrogens (primary N) is 1. The Kier molecular flexibility index (Phi) is 6.74. The molecule has 0 aromatic heterocycles. The van der Waals surface area contributed by atoms with Crippen molar-refractivity contribution in [2.45, 2.75) is 18.8 Å². The Morgan fingerprint density at radius 3 is 2.67 bits per heavy atom. The first-order valence-electron chi connectivity index (χ1n) is 6.29. The summed E-state index contributed by atoms with van der Waals surface area (Å²) in [6.07, 6.45) is -4.45. The number of hydrogen-bond donors (Lipinski definition) is 1. The molecule has 3 nitrogen and oxygen atoms in total. The van der Waals surface area contributed by atoms with Crippen LogP contribution in [-0.2, 0) is 17.5 Å². The summed E-state index contributed by atoms with van der Waals surface area (Å²) in [5.41, 5.74) is 5.37. The van der Waals surface area contributed by atoms with Crippen LogP contribution in [0.3, 0.4) is 0 Å². The fourth-order valence-corrected chi connectivity index (χ4v) is 2.49. The van der Waals surface area contributed by atoms with Crippen molar-refractivity contribution in [1.82, 2.24) is 4.90 Å². The average molecular weight is 345 g/mol. The van der Waals surface area contributed by atoms with Crippen molar-refractivity contribution in [3.05, 3.63) is 34.3 Å². The quantitative estimate of drug-likeness (QED) is 0.916. The fourth-order valence-electron chi connectivity index (χ4n) is 2.23. The van der Waals surface area contributed by atoms with E-state index in [9.17, 15) is 13.2 Å². The van der Waals surface area contributed by atoms with Gasteiger partial charge in [0.1, 0.15) is 0 Å². The van der Waals surface area contributed by atoms with E-state index in [1.165, 1.54) is 0 Å². The monoisotopic (exact) mass is 344 g/mol. The van der Waals surface area contributed by atoms with E-state index in [0.29, 0.717) is 38.3 Å². The second-order valence-electron chi connectivity index (χ2n) is 4.81. The summed E-state index contributed by atoms with van der Waals surface area (Å²) < 4.78 is 43.6. The molecule has 8 heteroatoms.